The Bertz CT molecular complexity index is 1240. The number of rotatable bonds is 3. The number of hydrogen-bond donors (Lipinski definition) is 0. The summed E-state index contributed by atoms with van der Waals surface area (Å²) in [5.74, 6) is 4.82. The third-order valence-corrected chi connectivity index (χ3v) is 7.40. The zero-order chi connectivity index (χ0) is 21.8. The zero-order valence-corrected chi connectivity index (χ0v) is 19.0. The largest absolute Gasteiger partial charge is 0.222 e. The number of aryl methyl sites for hydroxylation is 3. The van der Waals surface area contributed by atoms with E-state index in [0.717, 1.165) is 0 Å². The summed E-state index contributed by atoms with van der Waals surface area (Å²) in [4.78, 5) is 0. The Balaban J connectivity index is 1.49. The third kappa shape index (κ3) is 3.03. The van der Waals surface area contributed by atoms with Crippen LogP contribution in [0.4, 0.5) is 0 Å². The Kier molecular flexibility index (Phi) is 4.54. The van der Waals surface area contributed by atoms with Gasteiger partial charge in [0.25, 0.3) is 0 Å². The molecule has 3 aliphatic rings. The van der Waals surface area contributed by atoms with Crippen LogP contribution >= 0.6 is 0 Å². The van der Waals surface area contributed by atoms with Crippen LogP contribution < -0.4 is 16.4 Å². The van der Waals surface area contributed by atoms with E-state index in [1.807, 2.05) is 0 Å². The fourth-order valence-electron chi connectivity index (χ4n) is 5.69. The first-order chi connectivity index (χ1) is 15.6. The lowest BCUT2D eigenvalue weighted by molar-refractivity contribution is 1.49. The van der Waals surface area contributed by atoms with Crippen molar-refractivity contribution >= 4 is 36.5 Å². The molecule has 0 spiro atoms. The summed E-state index contributed by atoms with van der Waals surface area (Å²) < 4.78 is 0. The highest BCUT2D eigenvalue weighted by Crippen LogP contribution is 2.42. The molecule has 3 aliphatic heterocycles. The molecule has 0 radical (unpaired) electrons. The maximum atomic E-state index is 2.41. The van der Waals surface area contributed by atoms with Crippen molar-refractivity contribution in [3.8, 4) is 0 Å². The van der Waals surface area contributed by atoms with Gasteiger partial charge in [0.2, 0.25) is 20.1 Å². The van der Waals surface area contributed by atoms with Crippen LogP contribution in [0.15, 0.2) is 119 Å². The SMILES string of the molecule is Cc1ccc(B2C=CC3=C2B(c2ccc(C)cc2)C2=C3C=CB2c2ccc(C)cc2)cc1. The predicted molar refractivity (Wildman–Crippen MR) is 142 cm³/mol. The maximum absolute atomic E-state index is 2.41. The van der Waals surface area contributed by atoms with Gasteiger partial charge in [-0.2, -0.15) is 0 Å². The van der Waals surface area contributed by atoms with Crippen molar-refractivity contribution in [2.24, 2.45) is 0 Å². The Hall–Kier alpha value is -3.19. The normalized spacial score (nSPS) is 16.5. The average molecular weight is 406 g/mol. The molecule has 0 saturated carbocycles. The van der Waals surface area contributed by atoms with Crippen molar-refractivity contribution in [3.63, 3.8) is 0 Å². The van der Waals surface area contributed by atoms with Gasteiger partial charge in [0.15, 0.2) is 0 Å². The van der Waals surface area contributed by atoms with Crippen LogP contribution in [0, 0.1) is 20.8 Å². The molecule has 0 aromatic heterocycles. The summed E-state index contributed by atoms with van der Waals surface area (Å²) in [5.41, 5.74) is 11.0. The first kappa shape index (κ1) is 19.5. The van der Waals surface area contributed by atoms with Crippen molar-refractivity contribution in [1.82, 2.24) is 0 Å². The zero-order valence-electron chi connectivity index (χ0n) is 19.0. The maximum Gasteiger partial charge on any atom is 0.222 e. The number of fused-ring (bicyclic) bond motifs is 1. The molecule has 0 unspecified atom stereocenters. The molecule has 0 N–H and O–H groups in total. The van der Waals surface area contributed by atoms with Crippen LogP contribution in [-0.2, 0) is 0 Å². The van der Waals surface area contributed by atoms with E-state index in [1.165, 1.54) is 44.2 Å². The van der Waals surface area contributed by atoms with E-state index in [-0.39, 0.29) is 0 Å². The van der Waals surface area contributed by atoms with Crippen LogP contribution in [0.3, 0.4) is 0 Å². The van der Waals surface area contributed by atoms with Gasteiger partial charge < -0.3 is 0 Å². The topological polar surface area (TPSA) is 0 Å². The summed E-state index contributed by atoms with van der Waals surface area (Å²) in [5, 5.41) is 3.12. The molecule has 0 bridgehead atoms. The van der Waals surface area contributed by atoms with Crippen molar-refractivity contribution in [2.45, 2.75) is 20.8 Å². The van der Waals surface area contributed by atoms with E-state index < -0.39 is 0 Å². The smallest absolute Gasteiger partial charge is 0.106 e. The summed E-state index contributed by atoms with van der Waals surface area (Å²) in [6, 6.07) is 27.4. The first-order valence-corrected chi connectivity index (χ1v) is 11.6. The molecule has 3 heterocycles. The highest BCUT2D eigenvalue weighted by Gasteiger charge is 2.47. The minimum absolute atomic E-state index is 0.322. The number of allylic oxidation sites excluding steroid dienone is 4. The van der Waals surface area contributed by atoms with E-state index in [9.17, 15) is 0 Å². The van der Waals surface area contributed by atoms with Gasteiger partial charge in [-0.25, -0.2) is 0 Å². The fraction of sp³-hybridized carbons (Fsp3) is 0.103. The molecular weight excluding hydrogens is 381 g/mol. The van der Waals surface area contributed by atoms with E-state index in [1.54, 1.807) is 10.7 Å². The lowest BCUT2D eigenvalue weighted by Gasteiger charge is -2.23. The van der Waals surface area contributed by atoms with Gasteiger partial charge in [-0.3, -0.25) is 0 Å². The molecule has 0 atom stereocenters. The highest BCUT2D eigenvalue weighted by atomic mass is 14.2. The van der Waals surface area contributed by atoms with Gasteiger partial charge in [0.05, 0.1) is 0 Å². The van der Waals surface area contributed by atoms with Gasteiger partial charge in [0, 0.05) is 0 Å². The molecule has 0 fully saturated rings. The number of hydrogen-bond acceptors (Lipinski definition) is 0. The molecule has 32 heavy (non-hydrogen) atoms. The van der Waals surface area contributed by atoms with E-state index in [2.05, 4.69) is 118 Å². The van der Waals surface area contributed by atoms with Crippen molar-refractivity contribution < 1.29 is 0 Å². The summed E-state index contributed by atoms with van der Waals surface area (Å²) in [6.45, 7) is 7.51. The lowest BCUT2D eigenvalue weighted by Crippen LogP contribution is -2.48. The second-order valence-corrected chi connectivity index (χ2v) is 9.58. The molecule has 0 aliphatic carbocycles. The molecule has 150 valence electrons. The Morgan fingerprint density at radius 3 is 1.16 bits per heavy atom. The molecule has 6 rings (SSSR count). The molecular formula is C29H25B3. The van der Waals surface area contributed by atoms with E-state index in [4.69, 9.17) is 0 Å². The van der Waals surface area contributed by atoms with Crippen LogP contribution in [0.1, 0.15) is 16.7 Å². The monoisotopic (exact) mass is 406 g/mol. The fourth-order valence-corrected chi connectivity index (χ4v) is 5.69. The molecule has 3 aromatic rings. The molecule has 0 amide bonds. The standard InChI is InChI=1S/C29H25B3/c1-20-4-10-23(11-5-20)30-18-16-26-27-17-19-31(24-12-6-21(2)7-13-24)29(27)32(28(26)30)25-14-8-22(3)9-15-25/h4-19H,1-3H3. The molecule has 0 nitrogen and oxygen atoms in total. The Morgan fingerprint density at radius 2 is 0.781 bits per heavy atom. The van der Waals surface area contributed by atoms with E-state index >= 15 is 0 Å². The van der Waals surface area contributed by atoms with E-state index in [0.29, 0.717) is 20.1 Å². The van der Waals surface area contributed by atoms with Crippen molar-refractivity contribution in [1.29, 1.82) is 0 Å². The van der Waals surface area contributed by atoms with Crippen LogP contribution in [0.5, 0.6) is 0 Å². The summed E-state index contributed by atoms with van der Waals surface area (Å²) >= 11 is 0. The first-order valence-electron chi connectivity index (χ1n) is 11.6. The third-order valence-electron chi connectivity index (χ3n) is 7.40. The molecule has 0 saturated heterocycles. The van der Waals surface area contributed by atoms with Crippen molar-refractivity contribution in [3.05, 3.63) is 135 Å². The summed E-state index contributed by atoms with van der Waals surface area (Å²) in [6.07, 6.45) is 4.76. The van der Waals surface area contributed by atoms with Gasteiger partial charge >= 0.3 is 0 Å². The minimum Gasteiger partial charge on any atom is -0.106 e. The average Bonchev–Trinajstić information content (AvgIpc) is 3.48. The lowest BCUT2D eigenvalue weighted by atomic mass is 9.15. The van der Waals surface area contributed by atoms with Gasteiger partial charge in [-0.15, -0.1) is 22.7 Å². The Morgan fingerprint density at radius 1 is 0.438 bits per heavy atom. The second-order valence-electron chi connectivity index (χ2n) is 9.58. The summed E-state index contributed by atoms with van der Waals surface area (Å²) in [7, 11) is 0. The molecule has 3 aromatic carbocycles. The quantitative estimate of drug-likeness (QED) is 0.575. The number of benzene rings is 3. The predicted octanol–water partition coefficient (Wildman–Crippen LogP) is 4.10. The van der Waals surface area contributed by atoms with Crippen LogP contribution in [0.2, 0.25) is 0 Å². The van der Waals surface area contributed by atoms with Gasteiger partial charge in [-0.05, 0) is 31.9 Å². The minimum atomic E-state index is 0.322. The highest BCUT2D eigenvalue weighted by molar-refractivity contribution is 7.14. The van der Waals surface area contributed by atoms with Gasteiger partial charge in [0.1, 0.15) is 0 Å². The van der Waals surface area contributed by atoms with Crippen molar-refractivity contribution in [2.75, 3.05) is 0 Å². The second kappa shape index (κ2) is 7.45. The van der Waals surface area contributed by atoms with Crippen LogP contribution in [0.25, 0.3) is 0 Å². The molecule has 3 heteroatoms. The van der Waals surface area contributed by atoms with Gasteiger partial charge in [-0.1, -0.05) is 118 Å². The van der Waals surface area contributed by atoms with Crippen LogP contribution in [-0.4, -0.2) is 20.1 Å². The Labute approximate surface area is 192 Å².